The van der Waals surface area contributed by atoms with Gasteiger partial charge in [0.05, 0.1) is 33.1 Å². The Kier molecular flexibility index (Phi) is 5.55. The predicted molar refractivity (Wildman–Crippen MR) is 153 cm³/mol. The highest BCUT2D eigenvalue weighted by Gasteiger charge is 2.41. The van der Waals surface area contributed by atoms with E-state index in [1.165, 1.54) is 10.8 Å². The molecule has 2 fully saturated rings. The molecule has 0 aliphatic carbocycles. The Bertz CT molecular complexity index is 1990. The van der Waals surface area contributed by atoms with Gasteiger partial charge in [-0.1, -0.05) is 0 Å². The van der Waals surface area contributed by atoms with Crippen molar-refractivity contribution < 1.29 is 18.7 Å². The highest BCUT2D eigenvalue weighted by molar-refractivity contribution is 6.18. The van der Waals surface area contributed by atoms with E-state index < -0.39 is 23.0 Å². The van der Waals surface area contributed by atoms with Gasteiger partial charge in [0.1, 0.15) is 16.9 Å². The molecular formula is C29H27F2N7O3. The number of pyridine rings is 3. The number of hydrogen-bond acceptors (Lipinski definition) is 7. The zero-order valence-corrected chi connectivity index (χ0v) is 22.6. The van der Waals surface area contributed by atoms with Crippen molar-refractivity contribution in [3.05, 3.63) is 58.1 Å². The van der Waals surface area contributed by atoms with E-state index in [2.05, 4.69) is 37.1 Å². The van der Waals surface area contributed by atoms with Crippen molar-refractivity contribution in [2.75, 3.05) is 43.9 Å². The summed E-state index contributed by atoms with van der Waals surface area (Å²) in [5, 5.41) is 13.2. The number of H-pyrrole nitrogens is 1. The largest absolute Gasteiger partial charge is 0.477 e. The van der Waals surface area contributed by atoms with Crippen molar-refractivity contribution in [1.29, 1.82) is 0 Å². The first-order chi connectivity index (χ1) is 19.7. The van der Waals surface area contributed by atoms with Gasteiger partial charge in [0, 0.05) is 69.0 Å². The number of carbonyl (C=O) groups is 1. The number of fused-ring (bicyclic) bond motifs is 5. The Morgan fingerprint density at radius 2 is 1.95 bits per heavy atom. The summed E-state index contributed by atoms with van der Waals surface area (Å²) in [7, 11) is 5.36. The molecule has 0 saturated carbocycles. The van der Waals surface area contributed by atoms with Gasteiger partial charge in [0.15, 0.2) is 11.6 Å². The maximum absolute atomic E-state index is 15.6. The average molecular weight is 560 g/mol. The molecule has 2 aliphatic heterocycles. The Balaban J connectivity index is 1.55. The first kappa shape index (κ1) is 25.4. The third-order valence-corrected chi connectivity index (χ3v) is 8.73. The maximum Gasteiger partial charge on any atom is 0.341 e. The number of carboxylic acid groups (broad SMARTS) is 1. The van der Waals surface area contributed by atoms with Gasteiger partial charge in [-0.15, -0.1) is 0 Å². The highest BCUT2D eigenvalue weighted by atomic mass is 19.2. The summed E-state index contributed by atoms with van der Waals surface area (Å²) in [5.41, 5.74) is 2.31. The zero-order chi connectivity index (χ0) is 28.7. The lowest BCUT2D eigenvalue weighted by Crippen LogP contribution is -2.32. The SMILES string of the molecule is CNc1cc(F)c(F)c2c1[nH]c1ncc(-c3cnc4c(c3)c(=O)c(C(=O)O)cn4C)c(N3CC4CCN(C)C4C3)c12. The number of likely N-dealkylation sites (N-methyl/N-ethyl adjacent to an activating group) is 1. The van der Waals surface area contributed by atoms with Crippen LogP contribution in [0.3, 0.4) is 0 Å². The second-order valence-corrected chi connectivity index (χ2v) is 11.0. The zero-order valence-electron chi connectivity index (χ0n) is 22.6. The molecule has 2 saturated heterocycles. The lowest BCUT2D eigenvalue weighted by molar-refractivity contribution is 0.0695. The second kappa shape index (κ2) is 8.96. The van der Waals surface area contributed by atoms with Crippen LogP contribution in [0.15, 0.2) is 35.5 Å². The molecule has 4 aromatic heterocycles. The van der Waals surface area contributed by atoms with Crippen LogP contribution in [-0.4, -0.2) is 75.3 Å². The maximum atomic E-state index is 15.6. The number of aryl methyl sites for hydroxylation is 1. The van der Waals surface area contributed by atoms with Gasteiger partial charge in [-0.2, -0.15) is 0 Å². The van der Waals surface area contributed by atoms with Crippen molar-refractivity contribution in [3.63, 3.8) is 0 Å². The van der Waals surface area contributed by atoms with Crippen LogP contribution >= 0.6 is 0 Å². The molecule has 0 bridgehead atoms. The van der Waals surface area contributed by atoms with E-state index in [4.69, 9.17) is 0 Å². The Labute approximate surface area is 232 Å². The van der Waals surface area contributed by atoms with Crippen LogP contribution in [0.1, 0.15) is 16.8 Å². The lowest BCUT2D eigenvalue weighted by atomic mass is 10.0. The van der Waals surface area contributed by atoms with E-state index in [-0.39, 0.29) is 16.3 Å². The smallest absolute Gasteiger partial charge is 0.341 e. The number of nitrogens with zero attached hydrogens (tertiary/aromatic N) is 5. The van der Waals surface area contributed by atoms with Crippen molar-refractivity contribution in [2.24, 2.45) is 13.0 Å². The van der Waals surface area contributed by atoms with E-state index in [0.717, 1.165) is 25.6 Å². The minimum absolute atomic E-state index is 0.0944. The molecule has 2 unspecified atom stereocenters. The number of hydrogen-bond donors (Lipinski definition) is 3. The van der Waals surface area contributed by atoms with Crippen LogP contribution in [0.4, 0.5) is 20.2 Å². The van der Waals surface area contributed by atoms with Gasteiger partial charge in [-0.3, -0.25) is 4.79 Å². The third kappa shape index (κ3) is 3.63. The van der Waals surface area contributed by atoms with Gasteiger partial charge in [0.25, 0.3) is 0 Å². The molecule has 2 atom stereocenters. The standard InChI is InChI=1S/C29H27F2N7O3/c1-32-19-7-18(30)23(31)21-22-25(38-10-13-4-5-36(2)20(13)12-38)16(9-33-27(22)35-24(19)21)14-6-15-26(39)17(29(40)41)11-37(3)28(15)34-8-14/h6-9,11,13,20,32H,4-5,10,12H2,1-3H3,(H,33,35)(H,40,41). The number of rotatable bonds is 4. The van der Waals surface area contributed by atoms with Crippen LogP contribution in [0.2, 0.25) is 0 Å². The predicted octanol–water partition coefficient (Wildman–Crippen LogP) is 3.79. The van der Waals surface area contributed by atoms with Crippen molar-refractivity contribution in [2.45, 2.75) is 12.5 Å². The fourth-order valence-corrected chi connectivity index (χ4v) is 6.70. The number of aromatic carboxylic acids is 1. The third-order valence-electron chi connectivity index (χ3n) is 8.73. The van der Waals surface area contributed by atoms with Crippen molar-refractivity contribution in [1.82, 2.24) is 24.4 Å². The first-order valence-corrected chi connectivity index (χ1v) is 13.4. The molecule has 10 nitrogen and oxygen atoms in total. The summed E-state index contributed by atoms with van der Waals surface area (Å²) in [5.74, 6) is -2.87. The minimum atomic E-state index is -1.33. The van der Waals surface area contributed by atoms with E-state index >= 15 is 4.39 Å². The molecule has 0 radical (unpaired) electrons. The molecule has 5 aromatic rings. The number of anilines is 2. The number of nitrogens with one attached hydrogen (secondary N) is 2. The molecule has 0 spiro atoms. The Morgan fingerprint density at radius 3 is 2.68 bits per heavy atom. The monoisotopic (exact) mass is 559 g/mol. The highest BCUT2D eigenvalue weighted by Crippen LogP contribution is 2.45. The van der Waals surface area contributed by atoms with Gasteiger partial charge < -0.3 is 29.8 Å². The Morgan fingerprint density at radius 1 is 1.15 bits per heavy atom. The van der Waals surface area contributed by atoms with E-state index in [0.29, 0.717) is 63.2 Å². The van der Waals surface area contributed by atoms with Crippen LogP contribution in [0.5, 0.6) is 0 Å². The van der Waals surface area contributed by atoms with E-state index in [9.17, 15) is 19.1 Å². The van der Waals surface area contributed by atoms with Crippen LogP contribution < -0.4 is 15.6 Å². The minimum Gasteiger partial charge on any atom is -0.477 e. The van der Waals surface area contributed by atoms with Crippen LogP contribution in [-0.2, 0) is 7.05 Å². The molecule has 41 heavy (non-hydrogen) atoms. The lowest BCUT2D eigenvalue weighted by Gasteiger charge is -2.26. The van der Waals surface area contributed by atoms with Crippen molar-refractivity contribution in [3.8, 4) is 11.1 Å². The van der Waals surface area contributed by atoms with Gasteiger partial charge in [0.2, 0.25) is 5.43 Å². The summed E-state index contributed by atoms with van der Waals surface area (Å²) in [4.78, 5) is 41.7. The normalized spacial score (nSPS) is 19.1. The van der Waals surface area contributed by atoms with Crippen molar-refractivity contribution >= 4 is 50.3 Å². The molecule has 0 amide bonds. The molecule has 210 valence electrons. The fraction of sp³-hybridized carbons (Fsp3) is 0.310. The van der Waals surface area contributed by atoms with Crippen LogP contribution in [0.25, 0.3) is 44.1 Å². The number of benzene rings is 1. The van der Waals surface area contributed by atoms with Gasteiger partial charge in [-0.05, 0) is 32.0 Å². The quantitative estimate of drug-likeness (QED) is 0.304. The van der Waals surface area contributed by atoms with E-state index in [1.54, 1.807) is 32.6 Å². The summed E-state index contributed by atoms with van der Waals surface area (Å²) in [6.07, 6.45) is 5.53. The van der Waals surface area contributed by atoms with Gasteiger partial charge in [-0.25, -0.2) is 23.5 Å². The topological polar surface area (TPSA) is 119 Å². The Hall–Kier alpha value is -4.58. The number of halogens is 2. The molecule has 1 aromatic carbocycles. The molecule has 6 heterocycles. The molecule has 12 heteroatoms. The first-order valence-electron chi connectivity index (χ1n) is 13.4. The molecule has 2 aliphatic rings. The average Bonchev–Trinajstić information content (AvgIpc) is 3.65. The summed E-state index contributed by atoms with van der Waals surface area (Å²) >= 11 is 0. The van der Waals surface area contributed by atoms with Crippen LogP contribution in [0, 0.1) is 17.6 Å². The van der Waals surface area contributed by atoms with Gasteiger partial charge >= 0.3 is 5.97 Å². The molecular weight excluding hydrogens is 532 g/mol. The molecule has 7 rings (SSSR count). The second-order valence-electron chi connectivity index (χ2n) is 11.0. The molecule has 3 N–H and O–H groups in total. The number of carboxylic acids is 1. The van der Waals surface area contributed by atoms with E-state index in [1.807, 2.05) is 0 Å². The summed E-state index contributed by atoms with van der Waals surface area (Å²) in [6.45, 7) is 2.40. The number of aromatic amines is 1. The number of likely N-dealkylation sites (tertiary alicyclic amines) is 1. The summed E-state index contributed by atoms with van der Waals surface area (Å²) in [6, 6.07) is 3.04. The summed E-state index contributed by atoms with van der Waals surface area (Å²) < 4.78 is 32.0. The fourth-order valence-electron chi connectivity index (χ4n) is 6.70. The number of aromatic nitrogens is 4.